The number of nitrogens with one attached hydrogen (secondary N) is 2. The third-order valence-electron chi connectivity index (χ3n) is 3.32. The molecular weight excluding hydrogens is 268 g/mol. The molecule has 0 spiro atoms. The highest BCUT2D eigenvalue weighted by Crippen LogP contribution is 2.29. The van der Waals surface area contributed by atoms with Crippen LogP contribution in [0.5, 0.6) is 0 Å². The van der Waals surface area contributed by atoms with Gasteiger partial charge in [-0.2, -0.15) is 8.78 Å². The normalized spacial score (nSPS) is 19.5. The topological polar surface area (TPSA) is 50.4 Å². The van der Waals surface area contributed by atoms with E-state index in [1.807, 2.05) is 5.32 Å². The van der Waals surface area contributed by atoms with Crippen LogP contribution in [-0.4, -0.2) is 51.6 Å². The second-order valence-electron chi connectivity index (χ2n) is 4.79. The smallest absolute Gasteiger partial charge is 0.383 e. The molecule has 0 aliphatic carbocycles. The van der Waals surface area contributed by atoms with E-state index in [0.717, 1.165) is 0 Å². The number of hydrogen-bond donors (Lipinski definition) is 2. The van der Waals surface area contributed by atoms with Crippen LogP contribution in [0.1, 0.15) is 12.8 Å². The Morgan fingerprint density at radius 1 is 1.42 bits per heavy atom. The highest BCUT2D eigenvalue weighted by Gasteiger charge is 2.49. The van der Waals surface area contributed by atoms with E-state index in [9.17, 15) is 22.4 Å². The monoisotopic (exact) mass is 286 g/mol. The SMILES string of the molecule is COCC1(CNC(=O)C(F)(F)C(F)F)CCNCC1. The molecule has 1 saturated heterocycles. The first kappa shape index (κ1) is 16.2. The van der Waals surface area contributed by atoms with Gasteiger partial charge in [0.2, 0.25) is 0 Å². The Hall–Kier alpha value is -0.890. The molecule has 1 aliphatic heterocycles. The summed E-state index contributed by atoms with van der Waals surface area (Å²) in [6.45, 7) is 1.54. The maximum Gasteiger partial charge on any atom is 0.383 e. The van der Waals surface area contributed by atoms with Crippen LogP contribution in [0.25, 0.3) is 0 Å². The number of alkyl halides is 4. The minimum absolute atomic E-state index is 0.0936. The van der Waals surface area contributed by atoms with Gasteiger partial charge >= 0.3 is 12.3 Å². The molecule has 8 heteroatoms. The third kappa shape index (κ3) is 4.04. The van der Waals surface area contributed by atoms with Crippen molar-refractivity contribution < 1.29 is 27.1 Å². The third-order valence-corrected chi connectivity index (χ3v) is 3.32. The first-order chi connectivity index (χ1) is 8.84. The van der Waals surface area contributed by atoms with Crippen molar-refractivity contribution >= 4 is 5.91 Å². The summed E-state index contributed by atoms with van der Waals surface area (Å²) in [6, 6.07) is 0. The first-order valence-electron chi connectivity index (χ1n) is 5.98. The van der Waals surface area contributed by atoms with E-state index in [2.05, 4.69) is 5.32 Å². The van der Waals surface area contributed by atoms with Crippen molar-refractivity contribution in [3.63, 3.8) is 0 Å². The van der Waals surface area contributed by atoms with Crippen LogP contribution in [0.3, 0.4) is 0 Å². The molecule has 1 amide bonds. The molecule has 1 fully saturated rings. The maximum atomic E-state index is 12.8. The van der Waals surface area contributed by atoms with Crippen LogP contribution in [-0.2, 0) is 9.53 Å². The fraction of sp³-hybridized carbons (Fsp3) is 0.909. The van der Waals surface area contributed by atoms with E-state index >= 15 is 0 Å². The molecule has 19 heavy (non-hydrogen) atoms. The van der Waals surface area contributed by atoms with Gasteiger partial charge in [0.15, 0.2) is 0 Å². The lowest BCUT2D eigenvalue weighted by atomic mass is 9.79. The van der Waals surface area contributed by atoms with E-state index in [4.69, 9.17) is 4.74 Å². The summed E-state index contributed by atoms with van der Waals surface area (Å²) in [6.07, 6.45) is -2.75. The average molecular weight is 286 g/mol. The molecule has 0 unspecified atom stereocenters. The standard InChI is InChI=1S/C11H18F4N2O2/c1-19-7-10(2-4-16-5-3-10)6-17-9(18)11(14,15)8(12)13/h8,16H,2-7H2,1H3,(H,17,18). The van der Waals surface area contributed by atoms with E-state index in [0.29, 0.717) is 25.9 Å². The largest absolute Gasteiger partial charge is 0.384 e. The predicted molar refractivity (Wildman–Crippen MR) is 60.4 cm³/mol. The molecule has 0 radical (unpaired) electrons. The summed E-state index contributed by atoms with van der Waals surface area (Å²) in [4.78, 5) is 11.1. The second-order valence-corrected chi connectivity index (χ2v) is 4.79. The number of methoxy groups -OCH3 is 1. The highest BCUT2D eigenvalue weighted by molar-refractivity contribution is 5.83. The molecule has 1 heterocycles. The van der Waals surface area contributed by atoms with Crippen LogP contribution < -0.4 is 10.6 Å². The zero-order valence-electron chi connectivity index (χ0n) is 10.6. The molecule has 0 aromatic heterocycles. The molecular formula is C11H18F4N2O2. The van der Waals surface area contributed by atoms with Gasteiger partial charge in [-0.1, -0.05) is 0 Å². The molecule has 2 N–H and O–H groups in total. The van der Waals surface area contributed by atoms with Crippen LogP contribution in [0, 0.1) is 5.41 Å². The molecule has 0 aromatic carbocycles. The van der Waals surface area contributed by atoms with Gasteiger partial charge in [0.1, 0.15) is 0 Å². The second kappa shape index (κ2) is 6.51. The number of hydrogen-bond acceptors (Lipinski definition) is 3. The number of ether oxygens (including phenoxy) is 1. The van der Waals surface area contributed by atoms with Crippen LogP contribution in [0.2, 0.25) is 0 Å². The highest BCUT2D eigenvalue weighted by atomic mass is 19.3. The summed E-state index contributed by atoms with van der Waals surface area (Å²) in [5, 5.41) is 5.02. The Labute approximate surface area is 108 Å². The molecule has 0 atom stereocenters. The van der Waals surface area contributed by atoms with Crippen LogP contribution >= 0.6 is 0 Å². The van der Waals surface area contributed by atoms with E-state index in [1.165, 1.54) is 7.11 Å². The molecule has 1 aliphatic rings. The molecule has 112 valence electrons. The zero-order valence-corrected chi connectivity index (χ0v) is 10.6. The summed E-state index contributed by atoms with van der Waals surface area (Å²) < 4.78 is 54.7. The van der Waals surface area contributed by atoms with E-state index in [1.54, 1.807) is 0 Å². The van der Waals surface area contributed by atoms with Crippen molar-refractivity contribution in [2.45, 2.75) is 25.2 Å². The Morgan fingerprint density at radius 2 is 2.00 bits per heavy atom. The predicted octanol–water partition coefficient (Wildman–Crippen LogP) is 1.02. The van der Waals surface area contributed by atoms with Crippen molar-refractivity contribution in [1.29, 1.82) is 0 Å². The van der Waals surface area contributed by atoms with Crippen molar-refractivity contribution in [2.24, 2.45) is 5.41 Å². The number of amides is 1. The van der Waals surface area contributed by atoms with Gasteiger partial charge in [-0.3, -0.25) is 4.79 Å². The molecule has 1 rings (SSSR count). The lowest BCUT2D eigenvalue weighted by molar-refractivity contribution is -0.170. The quantitative estimate of drug-likeness (QED) is 0.717. The summed E-state index contributed by atoms with van der Waals surface area (Å²) in [5.74, 6) is -6.59. The van der Waals surface area contributed by atoms with Gasteiger partial charge < -0.3 is 15.4 Å². The lowest BCUT2D eigenvalue weighted by Gasteiger charge is -2.37. The molecule has 0 saturated carbocycles. The van der Waals surface area contributed by atoms with Gasteiger partial charge in [0.05, 0.1) is 6.61 Å². The van der Waals surface area contributed by atoms with Gasteiger partial charge in [-0.25, -0.2) is 8.78 Å². The van der Waals surface area contributed by atoms with Crippen molar-refractivity contribution in [3.05, 3.63) is 0 Å². The number of piperidine rings is 1. The Morgan fingerprint density at radius 3 is 2.47 bits per heavy atom. The Bertz CT molecular complexity index is 302. The Kier molecular flexibility index (Phi) is 5.54. The van der Waals surface area contributed by atoms with Gasteiger partial charge in [-0.05, 0) is 25.9 Å². The first-order valence-corrected chi connectivity index (χ1v) is 5.98. The van der Waals surface area contributed by atoms with Crippen molar-refractivity contribution in [2.75, 3.05) is 33.4 Å². The van der Waals surface area contributed by atoms with Crippen LogP contribution in [0.4, 0.5) is 17.6 Å². The van der Waals surface area contributed by atoms with Gasteiger partial charge in [0.25, 0.3) is 5.91 Å². The number of halogens is 4. The number of rotatable bonds is 6. The molecule has 4 nitrogen and oxygen atoms in total. The summed E-state index contributed by atoms with van der Waals surface area (Å²) in [7, 11) is 1.47. The summed E-state index contributed by atoms with van der Waals surface area (Å²) in [5.41, 5.74) is -0.478. The summed E-state index contributed by atoms with van der Waals surface area (Å²) >= 11 is 0. The average Bonchev–Trinajstić information content (AvgIpc) is 2.37. The van der Waals surface area contributed by atoms with Crippen molar-refractivity contribution in [3.8, 4) is 0 Å². The minimum Gasteiger partial charge on any atom is -0.384 e. The minimum atomic E-state index is -4.65. The van der Waals surface area contributed by atoms with Crippen molar-refractivity contribution in [1.82, 2.24) is 10.6 Å². The zero-order chi connectivity index (χ0) is 14.5. The van der Waals surface area contributed by atoms with E-state index < -0.39 is 23.7 Å². The molecule has 0 bridgehead atoms. The fourth-order valence-electron chi connectivity index (χ4n) is 2.12. The fourth-order valence-corrected chi connectivity index (χ4v) is 2.12. The van der Waals surface area contributed by atoms with Gasteiger partial charge in [0, 0.05) is 19.1 Å². The van der Waals surface area contributed by atoms with Gasteiger partial charge in [-0.15, -0.1) is 0 Å². The number of carbonyl (C=O) groups excluding carboxylic acids is 1. The maximum absolute atomic E-state index is 12.8. The number of carbonyl (C=O) groups is 1. The molecule has 0 aromatic rings. The lowest BCUT2D eigenvalue weighted by Crippen LogP contribution is -2.52. The van der Waals surface area contributed by atoms with E-state index in [-0.39, 0.29) is 13.2 Å². The Balaban J connectivity index is 2.59. The van der Waals surface area contributed by atoms with Crippen LogP contribution in [0.15, 0.2) is 0 Å².